The molecule has 0 saturated heterocycles. The van der Waals surface area contributed by atoms with E-state index in [-0.39, 0.29) is 0 Å². The van der Waals surface area contributed by atoms with Crippen LogP contribution in [0.15, 0.2) is 0 Å². The second kappa shape index (κ2) is 4.80. The van der Waals surface area contributed by atoms with Gasteiger partial charge in [0.1, 0.15) is 0 Å². The van der Waals surface area contributed by atoms with Crippen LogP contribution in [0.1, 0.15) is 33.6 Å². The zero-order valence-corrected chi connectivity index (χ0v) is 6.65. The molecule has 0 aromatic carbocycles. The highest BCUT2D eigenvalue weighted by Gasteiger charge is 2.00. The van der Waals surface area contributed by atoms with Gasteiger partial charge in [-0.1, -0.05) is 13.3 Å². The summed E-state index contributed by atoms with van der Waals surface area (Å²) in [5.41, 5.74) is 0. The number of unbranched alkanes of at least 4 members (excludes halogenated alkanes) is 1. The molecule has 1 nitrogen and oxygen atoms in total. The van der Waals surface area contributed by atoms with E-state index in [1.165, 1.54) is 6.42 Å². The first-order chi connectivity index (χ1) is 4.18. The highest BCUT2D eigenvalue weighted by atomic mass is 15.1. The zero-order valence-electron chi connectivity index (χ0n) is 6.65. The van der Waals surface area contributed by atoms with Crippen molar-refractivity contribution in [3.63, 3.8) is 0 Å². The SMILES string of the molecule is [C]N(CCCC)C(C)C. The number of nitrogens with zero attached hydrogens (tertiary/aromatic N) is 1. The molecular weight excluding hydrogens is 110 g/mol. The summed E-state index contributed by atoms with van der Waals surface area (Å²) in [7, 11) is 7.36. The molecule has 3 radical (unpaired) electrons. The summed E-state index contributed by atoms with van der Waals surface area (Å²) < 4.78 is 0. The third kappa shape index (κ3) is 4.46. The molecular formula is C8H16N. The Morgan fingerprint density at radius 1 is 1.44 bits per heavy atom. The molecule has 0 rings (SSSR count). The standard InChI is InChI=1S/C8H16N/c1-5-6-7-9(4)8(2)3/h8H,5-7H2,1-3H3. The fourth-order valence-electron chi connectivity index (χ4n) is 0.587. The number of rotatable bonds is 4. The third-order valence-electron chi connectivity index (χ3n) is 1.38. The summed E-state index contributed by atoms with van der Waals surface area (Å²) in [5.74, 6) is 0. The van der Waals surface area contributed by atoms with Gasteiger partial charge in [-0.3, -0.25) is 4.90 Å². The van der Waals surface area contributed by atoms with Crippen molar-refractivity contribution in [3.05, 3.63) is 7.05 Å². The zero-order chi connectivity index (χ0) is 7.28. The minimum atomic E-state index is 0.372. The van der Waals surface area contributed by atoms with Crippen LogP contribution < -0.4 is 0 Å². The molecule has 53 valence electrons. The van der Waals surface area contributed by atoms with Crippen molar-refractivity contribution in [1.29, 1.82) is 0 Å². The van der Waals surface area contributed by atoms with Gasteiger partial charge < -0.3 is 0 Å². The van der Waals surface area contributed by atoms with Gasteiger partial charge in [0.2, 0.25) is 0 Å². The minimum absolute atomic E-state index is 0.372. The Balaban J connectivity index is 3.16. The summed E-state index contributed by atoms with van der Waals surface area (Å²) >= 11 is 0. The summed E-state index contributed by atoms with van der Waals surface area (Å²) in [6.07, 6.45) is 2.32. The highest BCUT2D eigenvalue weighted by Crippen LogP contribution is 1.97. The molecule has 9 heavy (non-hydrogen) atoms. The van der Waals surface area contributed by atoms with Crippen LogP contribution in [-0.4, -0.2) is 17.5 Å². The fraction of sp³-hybridized carbons (Fsp3) is 0.875. The van der Waals surface area contributed by atoms with Crippen LogP contribution in [0.5, 0.6) is 0 Å². The average molecular weight is 126 g/mol. The molecule has 0 fully saturated rings. The Morgan fingerprint density at radius 2 is 2.00 bits per heavy atom. The molecule has 0 N–H and O–H groups in total. The molecule has 0 aromatic rings. The van der Waals surface area contributed by atoms with Gasteiger partial charge in [0.15, 0.2) is 0 Å². The van der Waals surface area contributed by atoms with E-state index < -0.39 is 0 Å². The van der Waals surface area contributed by atoms with E-state index in [1.807, 2.05) is 13.8 Å². The van der Waals surface area contributed by atoms with E-state index >= 15 is 0 Å². The van der Waals surface area contributed by atoms with Crippen LogP contribution in [0.3, 0.4) is 0 Å². The van der Waals surface area contributed by atoms with Crippen molar-refractivity contribution in [2.24, 2.45) is 0 Å². The van der Waals surface area contributed by atoms with E-state index in [0.29, 0.717) is 6.04 Å². The molecule has 0 heterocycles. The second-order valence-corrected chi connectivity index (χ2v) is 2.64. The van der Waals surface area contributed by atoms with Crippen molar-refractivity contribution in [2.75, 3.05) is 6.54 Å². The Labute approximate surface area is 59.1 Å². The van der Waals surface area contributed by atoms with Crippen LogP contribution >= 0.6 is 0 Å². The summed E-state index contributed by atoms with van der Waals surface area (Å²) in [5, 5.41) is 0. The van der Waals surface area contributed by atoms with Gasteiger partial charge in [0.25, 0.3) is 0 Å². The van der Waals surface area contributed by atoms with Gasteiger partial charge in [-0.05, 0) is 26.8 Å². The molecule has 0 saturated carbocycles. The second-order valence-electron chi connectivity index (χ2n) is 2.64. The van der Waals surface area contributed by atoms with E-state index in [9.17, 15) is 0 Å². The maximum absolute atomic E-state index is 7.36. The average Bonchev–Trinajstić information content (AvgIpc) is 1.82. The quantitative estimate of drug-likeness (QED) is 0.557. The van der Waals surface area contributed by atoms with E-state index in [1.54, 1.807) is 4.90 Å². The van der Waals surface area contributed by atoms with Crippen molar-refractivity contribution in [3.8, 4) is 0 Å². The van der Waals surface area contributed by atoms with E-state index in [2.05, 4.69) is 6.92 Å². The Kier molecular flexibility index (Phi) is 4.78. The lowest BCUT2D eigenvalue weighted by Gasteiger charge is -2.18. The Morgan fingerprint density at radius 3 is 2.33 bits per heavy atom. The van der Waals surface area contributed by atoms with Gasteiger partial charge >= 0.3 is 0 Å². The summed E-state index contributed by atoms with van der Waals surface area (Å²) in [6, 6.07) is 0.372. The van der Waals surface area contributed by atoms with Gasteiger partial charge in [0, 0.05) is 6.04 Å². The van der Waals surface area contributed by atoms with Crippen molar-refractivity contribution < 1.29 is 0 Å². The molecule has 0 bridgehead atoms. The van der Waals surface area contributed by atoms with Crippen LogP contribution in [0, 0.1) is 7.05 Å². The van der Waals surface area contributed by atoms with Crippen molar-refractivity contribution >= 4 is 0 Å². The van der Waals surface area contributed by atoms with Gasteiger partial charge in [-0.2, -0.15) is 0 Å². The topological polar surface area (TPSA) is 3.24 Å². The maximum atomic E-state index is 7.36. The maximum Gasteiger partial charge on any atom is 0.0885 e. The van der Waals surface area contributed by atoms with Crippen molar-refractivity contribution in [2.45, 2.75) is 39.7 Å². The molecule has 0 aliphatic rings. The van der Waals surface area contributed by atoms with E-state index in [4.69, 9.17) is 7.05 Å². The van der Waals surface area contributed by atoms with Gasteiger partial charge in [-0.15, -0.1) is 0 Å². The molecule has 0 spiro atoms. The molecule has 0 atom stereocenters. The Hall–Kier alpha value is -0.0400. The first kappa shape index (κ1) is 8.96. The molecule has 0 aromatic heterocycles. The highest BCUT2D eigenvalue weighted by molar-refractivity contribution is 4.59. The van der Waals surface area contributed by atoms with Crippen LogP contribution in [0.25, 0.3) is 0 Å². The largest absolute Gasteiger partial charge is 0.290 e. The third-order valence-corrected chi connectivity index (χ3v) is 1.38. The molecule has 1 heteroatoms. The van der Waals surface area contributed by atoms with Crippen LogP contribution in [-0.2, 0) is 0 Å². The first-order valence-electron chi connectivity index (χ1n) is 3.66. The fourth-order valence-corrected chi connectivity index (χ4v) is 0.587. The number of hydrogen-bond acceptors (Lipinski definition) is 1. The van der Waals surface area contributed by atoms with Crippen LogP contribution in [0.2, 0.25) is 0 Å². The lowest BCUT2D eigenvalue weighted by atomic mass is 10.3. The van der Waals surface area contributed by atoms with E-state index in [0.717, 1.165) is 13.0 Å². The monoisotopic (exact) mass is 126 g/mol. The Bertz CT molecular complexity index is 59.6. The minimum Gasteiger partial charge on any atom is -0.290 e. The first-order valence-corrected chi connectivity index (χ1v) is 3.66. The number of hydrogen-bond donors (Lipinski definition) is 0. The summed E-state index contributed by atoms with van der Waals surface area (Å²) in [6.45, 7) is 7.15. The van der Waals surface area contributed by atoms with Gasteiger partial charge in [-0.25, -0.2) is 0 Å². The normalized spacial score (nSPS) is 11.3. The molecule has 0 aliphatic carbocycles. The van der Waals surface area contributed by atoms with Gasteiger partial charge in [0.05, 0.1) is 7.05 Å². The van der Waals surface area contributed by atoms with Crippen molar-refractivity contribution in [1.82, 2.24) is 4.90 Å². The lowest BCUT2D eigenvalue weighted by Crippen LogP contribution is -2.24. The smallest absolute Gasteiger partial charge is 0.0885 e. The molecule has 0 amide bonds. The summed E-state index contributed by atoms with van der Waals surface area (Å²) in [4.78, 5) is 1.63. The predicted molar refractivity (Wildman–Crippen MR) is 40.0 cm³/mol. The molecule has 0 unspecified atom stereocenters. The molecule has 0 aliphatic heterocycles. The van der Waals surface area contributed by atoms with Crippen LogP contribution in [0.4, 0.5) is 0 Å². The predicted octanol–water partition coefficient (Wildman–Crippen LogP) is 2.04. The lowest BCUT2D eigenvalue weighted by molar-refractivity contribution is 0.301.